The molecule has 1 N–H and O–H groups in total. The molecule has 1 aromatic carbocycles. The number of aromatic nitrogens is 2. The summed E-state index contributed by atoms with van der Waals surface area (Å²) in [6.45, 7) is 3.34. The highest BCUT2D eigenvalue weighted by atomic mass is 35.5. The van der Waals surface area contributed by atoms with Gasteiger partial charge in [-0.15, -0.1) is 5.10 Å². The largest absolute Gasteiger partial charge is 0.495 e. The van der Waals surface area contributed by atoms with Crippen LogP contribution in [0.5, 0.6) is 5.75 Å². The van der Waals surface area contributed by atoms with Crippen molar-refractivity contribution in [1.82, 2.24) is 9.59 Å². The molecular formula is C15H16ClN3O4S. The molecule has 0 radical (unpaired) electrons. The Balaban J connectivity index is 1.99. The van der Waals surface area contributed by atoms with Crippen LogP contribution in [0.15, 0.2) is 18.2 Å². The molecule has 0 bridgehead atoms. The van der Waals surface area contributed by atoms with Gasteiger partial charge in [0.25, 0.3) is 5.91 Å². The second kappa shape index (κ2) is 8.07. The number of carbonyl (C=O) groups is 2. The zero-order chi connectivity index (χ0) is 17.7. The maximum absolute atomic E-state index is 12.1. The van der Waals surface area contributed by atoms with Crippen molar-refractivity contribution in [3.8, 4) is 5.75 Å². The molecule has 128 valence electrons. The number of benzene rings is 1. The number of nitrogens with zero attached hydrogens (tertiary/aromatic N) is 2. The molecule has 1 aromatic heterocycles. The van der Waals surface area contributed by atoms with Crippen LogP contribution in [0.2, 0.25) is 5.02 Å². The number of nitrogens with one attached hydrogen (secondary N) is 1. The number of hydrogen-bond acceptors (Lipinski definition) is 7. The molecule has 0 spiro atoms. The summed E-state index contributed by atoms with van der Waals surface area (Å²) in [7, 11) is 1.50. The average molecular weight is 370 g/mol. The predicted octanol–water partition coefficient (Wildman–Crippen LogP) is 2.95. The van der Waals surface area contributed by atoms with Crippen molar-refractivity contribution in [2.75, 3.05) is 12.4 Å². The maximum atomic E-state index is 12.1. The summed E-state index contributed by atoms with van der Waals surface area (Å²) >= 11 is 6.95. The summed E-state index contributed by atoms with van der Waals surface area (Å²) in [5.41, 5.74) is 1.03. The number of ether oxygens (including phenoxy) is 2. The summed E-state index contributed by atoms with van der Waals surface area (Å²) < 4.78 is 13.9. The first-order valence-electron chi connectivity index (χ1n) is 7.12. The van der Waals surface area contributed by atoms with Gasteiger partial charge >= 0.3 is 5.97 Å². The molecule has 7 nitrogen and oxygen atoms in total. The summed E-state index contributed by atoms with van der Waals surface area (Å²) in [5.74, 6) is -0.587. The first-order chi connectivity index (χ1) is 11.5. The van der Waals surface area contributed by atoms with E-state index >= 15 is 0 Å². The van der Waals surface area contributed by atoms with Gasteiger partial charge in [0.05, 0.1) is 17.8 Å². The predicted molar refractivity (Wildman–Crippen MR) is 90.8 cm³/mol. The number of carbonyl (C=O) groups excluding carboxylic acids is 2. The van der Waals surface area contributed by atoms with Crippen LogP contribution in [0.1, 0.15) is 29.2 Å². The fourth-order valence-corrected chi connectivity index (χ4v) is 2.74. The number of rotatable bonds is 6. The first-order valence-corrected chi connectivity index (χ1v) is 8.28. The summed E-state index contributed by atoms with van der Waals surface area (Å²) in [4.78, 5) is 24.5. The quantitative estimate of drug-likeness (QED) is 0.787. The molecule has 24 heavy (non-hydrogen) atoms. The van der Waals surface area contributed by atoms with E-state index in [1.165, 1.54) is 14.0 Å². The lowest BCUT2D eigenvalue weighted by molar-refractivity contribution is -0.123. The van der Waals surface area contributed by atoms with Crippen LogP contribution in [0.4, 0.5) is 5.69 Å². The first kappa shape index (κ1) is 18.2. The van der Waals surface area contributed by atoms with E-state index in [1.807, 2.05) is 6.92 Å². The van der Waals surface area contributed by atoms with Crippen molar-refractivity contribution in [3.63, 3.8) is 0 Å². The van der Waals surface area contributed by atoms with Crippen molar-refractivity contribution >= 4 is 40.7 Å². The lowest BCUT2D eigenvalue weighted by Gasteiger charge is -2.13. The van der Waals surface area contributed by atoms with Crippen LogP contribution in [-0.2, 0) is 16.0 Å². The lowest BCUT2D eigenvalue weighted by Crippen LogP contribution is -2.30. The van der Waals surface area contributed by atoms with Crippen LogP contribution in [0.25, 0.3) is 0 Å². The van der Waals surface area contributed by atoms with Crippen molar-refractivity contribution in [3.05, 3.63) is 33.8 Å². The summed E-state index contributed by atoms with van der Waals surface area (Å²) in [5, 5.41) is 6.84. The van der Waals surface area contributed by atoms with E-state index in [4.69, 9.17) is 21.1 Å². The smallest absolute Gasteiger partial charge is 0.352 e. The molecule has 1 amide bonds. The fourth-order valence-electron chi connectivity index (χ4n) is 1.85. The summed E-state index contributed by atoms with van der Waals surface area (Å²) in [6, 6.07) is 4.82. The Hall–Kier alpha value is -2.19. The molecule has 1 atom stereocenters. The van der Waals surface area contributed by atoms with Gasteiger partial charge in [0, 0.05) is 5.69 Å². The van der Waals surface area contributed by atoms with Gasteiger partial charge in [-0.2, -0.15) is 0 Å². The van der Waals surface area contributed by atoms with E-state index < -0.39 is 18.0 Å². The van der Waals surface area contributed by atoms with E-state index in [2.05, 4.69) is 14.9 Å². The SMILES string of the molecule is CCc1nnsc1C(=O)O[C@@H](C)C(=O)Nc1ccc(OC)c(Cl)c1. The molecule has 1 heterocycles. The van der Waals surface area contributed by atoms with Crippen molar-refractivity contribution in [1.29, 1.82) is 0 Å². The molecule has 0 aliphatic heterocycles. The highest BCUT2D eigenvalue weighted by Crippen LogP contribution is 2.27. The Bertz CT molecular complexity index is 750. The van der Waals surface area contributed by atoms with E-state index in [-0.39, 0.29) is 0 Å². The Labute approximate surface area is 148 Å². The molecule has 0 aliphatic rings. The highest BCUT2D eigenvalue weighted by Gasteiger charge is 2.23. The topological polar surface area (TPSA) is 90.4 Å². The molecule has 2 aromatic rings. The normalized spacial score (nSPS) is 11.7. The summed E-state index contributed by atoms with van der Waals surface area (Å²) in [6.07, 6.45) is -0.420. The third-order valence-corrected chi connectivity index (χ3v) is 4.19. The number of esters is 1. The van der Waals surface area contributed by atoms with E-state index in [0.29, 0.717) is 33.5 Å². The fraction of sp³-hybridized carbons (Fsp3) is 0.333. The maximum Gasteiger partial charge on any atom is 0.352 e. The standard InChI is InChI=1S/C15H16ClN3O4S/c1-4-11-13(24-19-18-11)15(21)23-8(2)14(20)17-9-5-6-12(22-3)10(16)7-9/h5-8H,4H2,1-3H3,(H,17,20)/t8-/m0/s1. The van der Waals surface area contributed by atoms with Crippen LogP contribution in [-0.4, -0.2) is 34.7 Å². The second-order valence-electron chi connectivity index (χ2n) is 4.79. The number of amides is 1. The zero-order valence-electron chi connectivity index (χ0n) is 13.3. The molecule has 2 rings (SSSR count). The van der Waals surface area contributed by atoms with Gasteiger partial charge < -0.3 is 14.8 Å². The monoisotopic (exact) mass is 369 g/mol. The molecule has 0 fully saturated rings. The Morgan fingerprint density at radius 1 is 1.42 bits per heavy atom. The molecule has 9 heteroatoms. The van der Waals surface area contributed by atoms with Gasteiger partial charge in [-0.25, -0.2) is 4.79 Å². The average Bonchev–Trinajstić information content (AvgIpc) is 3.03. The third-order valence-electron chi connectivity index (χ3n) is 3.15. The van der Waals surface area contributed by atoms with Crippen molar-refractivity contribution < 1.29 is 19.1 Å². The Morgan fingerprint density at radius 3 is 2.79 bits per heavy atom. The van der Waals surface area contributed by atoms with Crippen LogP contribution < -0.4 is 10.1 Å². The molecule has 0 saturated carbocycles. The number of halogens is 1. The molecular weight excluding hydrogens is 354 g/mol. The van der Waals surface area contributed by atoms with Crippen molar-refractivity contribution in [2.45, 2.75) is 26.4 Å². The van der Waals surface area contributed by atoms with Gasteiger partial charge in [0.2, 0.25) is 0 Å². The minimum atomic E-state index is -0.981. The van der Waals surface area contributed by atoms with Crippen molar-refractivity contribution in [2.24, 2.45) is 0 Å². The van der Waals surface area contributed by atoms with Gasteiger partial charge in [-0.1, -0.05) is 23.0 Å². The molecule has 0 saturated heterocycles. The van der Waals surface area contributed by atoms with Gasteiger partial charge in [0.15, 0.2) is 11.0 Å². The Morgan fingerprint density at radius 2 is 2.17 bits per heavy atom. The van der Waals surface area contributed by atoms with E-state index in [9.17, 15) is 9.59 Å². The minimum Gasteiger partial charge on any atom is -0.495 e. The zero-order valence-corrected chi connectivity index (χ0v) is 14.9. The minimum absolute atomic E-state index is 0.310. The van der Waals surface area contributed by atoms with E-state index in [1.54, 1.807) is 18.2 Å². The molecule has 0 unspecified atom stereocenters. The van der Waals surface area contributed by atoms with E-state index in [0.717, 1.165) is 11.5 Å². The van der Waals surface area contributed by atoms with Gasteiger partial charge in [0.1, 0.15) is 5.75 Å². The van der Waals surface area contributed by atoms with Crippen LogP contribution in [0.3, 0.4) is 0 Å². The number of hydrogen-bond donors (Lipinski definition) is 1. The van der Waals surface area contributed by atoms with Crippen LogP contribution in [0, 0.1) is 0 Å². The van der Waals surface area contributed by atoms with Crippen LogP contribution >= 0.6 is 23.1 Å². The highest BCUT2D eigenvalue weighted by molar-refractivity contribution is 7.07. The van der Waals surface area contributed by atoms with Gasteiger partial charge in [-0.05, 0) is 43.1 Å². The Kier molecular flexibility index (Phi) is 6.10. The lowest BCUT2D eigenvalue weighted by atomic mass is 10.2. The second-order valence-corrected chi connectivity index (χ2v) is 5.95. The van der Waals surface area contributed by atoms with Gasteiger partial charge in [-0.3, -0.25) is 4.79 Å². The molecule has 0 aliphatic carbocycles. The number of methoxy groups -OCH3 is 1. The number of anilines is 1. The number of aryl methyl sites for hydroxylation is 1. The third kappa shape index (κ3) is 4.21.